The summed E-state index contributed by atoms with van der Waals surface area (Å²) >= 11 is 0. The van der Waals surface area contributed by atoms with Crippen LogP contribution in [0.15, 0.2) is 42.6 Å². The van der Waals surface area contributed by atoms with Gasteiger partial charge in [-0.05, 0) is 36.8 Å². The summed E-state index contributed by atoms with van der Waals surface area (Å²) in [5.74, 6) is -0.518. The highest BCUT2D eigenvalue weighted by atomic mass is 16.1. The van der Waals surface area contributed by atoms with Crippen molar-refractivity contribution in [3.63, 3.8) is 0 Å². The van der Waals surface area contributed by atoms with Crippen molar-refractivity contribution in [3.05, 3.63) is 53.9 Å². The Labute approximate surface area is 118 Å². The van der Waals surface area contributed by atoms with Crippen LogP contribution < -0.4 is 16.4 Å². The van der Waals surface area contributed by atoms with Crippen LogP contribution in [0.25, 0.3) is 0 Å². The van der Waals surface area contributed by atoms with E-state index >= 15 is 0 Å². The van der Waals surface area contributed by atoms with Crippen LogP contribution in [-0.4, -0.2) is 17.4 Å². The van der Waals surface area contributed by atoms with Gasteiger partial charge in [0.25, 0.3) is 5.91 Å². The third-order valence-corrected chi connectivity index (χ3v) is 3.10. The summed E-state index contributed by atoms with van der Waals surface area (Å²) in [4.78, 5) is 17.3. The summed E-state index contributed by atoms with van der Waals surface area (Å²) < 4.78 is 0. The lowest BCUT2D eigenvalue weighted by atomic mass is 10.2. The average molecular weight is 270 g/mol. The molecule has 0 aliphatic heterocycles. The first-order valence-electron chi connectivity index (χ1n) is 6.45. The third-order valence-electron chi connectivity index (χ3n) is 3.10. The van der Waals surface area contributed by atoms with Crippen LogP contribution in [0.4, 0.5) is 11.4 Å². The number of hydrogen-bond acceptors (Lipinski definition) is 4. The number of nitrogens with two attached hydrogens (primary N) is 2. The Balaban J connectivity index is 2.21. The average Bonchev–Trinajstić information content (AvgIpc) is 2.46. The fourth-order valence-corrected chi connectivity index (χ4v) is 1.98. The summed E-state index contributed by atoms with van der Waals surface area (Å²) in [6.45, 7) is 3.60. The standard InChI is InChI=1S/C15H18N4O/c1-2-19(10-11-3-5-12(16)6-4-11)13-7-8-18-14(9-13)15(17)20/h3-9H,2,10,16H2,1H3,(H2,17,20). The van der Waals surface area contributed by atoms with Crippen molar-refractivity contribution >= 4 is 17.3 Å². The predicted octanol–water partition coefficient (Wildman–Crippen LogP) is 1.79. The van der Waals surface area contributed by atoms with Crippen LogP contribution in [0.3, 0.4) is 0 Å². The molecule has 5 nitrogen and oxygen atoms in total. The highest BCUT2D eigenvalue weighted by molar-refractivity contribution is 5.91. The molecular formula is C15H18N4O. The van der Waals surface area contributed by atoms with Crippen LogP contribution >= 0.6 is 0 Å². The minimum absolute atomic E-state index is 0.276. The van der Waals surface area contributed by atoms with E-state index in [0.29, 0.717) is 0 Å². The van der Waals surface area contributed by atoms with Crippen LogP contribution in [0.2, 0.25) is 0 Å². The lowest BCUT2D eigenvalue weighted by molar-refractivity contribution is 0.0995. The molecule has 0 spiro atoms. The molecule has 1 aromatic heterocycles. The zero-order valence-corrected chi connectivity index (χ0v) is 11.4. The van der Waals surface area contributed by atoms with Gasteiger partial charge in [-0.2, -0.15) is 0 Å². The molecule has 2 aromatic rings. The van der Waals surface area contributed by atoms with E-state index in [9.17, 15) is 4.79 Å². The number of nitrogens with zero attached hydrogens (tertiary/aromatic N) is 2. The Morgan fingerprint density at radius 2 is 1.95 bits per heavy atom. The van der Waals surface area contributed by atoms with Crippen molar-refractivity contribution in [2.45, 2.75) is 13.5 Å². The van der Waals surface area contributed by atoms with Gasteiger partial charge < -0.3 is 16.4 Å². The first-order valence-corrected chi connectivity index (χ1v) is 6.45. The first-order chi connectivity index (χ1) is 9.60. The molecule has 5 heteroatoms. The van der Waals surface area contributed by atoms with Gasteiger partial charge in [0, 0.05) is 30.7 Å². The van der Waals surface area contributed by atoms with Gasteiger partial charge >= 0.3 is 0 Å². The molecule has 1 amide bonds. The third kappa shape index (κ3) is 3.26. The Kier molecular flexibility index (Phi) is 4.20. The van der Waals surface area contributed by atoms with E-state index in [2.05, 4.69) is 16.8 Å². The van der Waals surface area contributed by atoms with Gasteiger partial charge in [-0.3, -0.25) is 9.78 Å². The smallest absolute Gasteiger partial charge is 0.267 e. The van der Waals surface area contributed by atoms with Gasteiger partial charge in [0.05, 0.1) is 0 Å². The van der Waals surface area contributed by atoms with E-state index < -0.39 is 5.91 Å². The number of amides is 1. The van der Waals surface area contributed by atoms with E-state index in [1.54, 1.807) is 12.3 Å². The molecule has 0 atom stereocenters. The van der Waals surface area contributed by atoms with Crippen LogP contribution in [0, 0.1) is 0 Å². The Bertz CT molecular complexity index is 595. The van der Waals surface area contributed by atoms with Gasteiger partial charge in [0.2, 0.25) is 0 Å². The molecule has 0 fully saturated rings. The highest BCUT2D eigenvalue weighted by Gasteiger charge is 2.09. The van der Waals surface area contributed by atoms with Gasteiger partial charge in [-0.25, -0.2) is 0 Å². The quantitative estimate of drug-likeness (QED) is 0.811. The normalized spacial score (nSPS) is 10.2. The van der Waals surface area contributed by atoms with Crippen LogP contribution in [-0.2, 0) is 6.54 Å². The highest BCUT2D eigenvalue weighted by Crippen LogP contribution is 2.18. The van der Waals surface area contributed by atoms with Gasteiger partial charge in [-0.15, -0.1) is 0 Å². The lowest BCUT2D eigenvalue weighted by Crippen LogP contribution is -2.23. The van der Waals surface area contributed by atoms with E-state index in [4.69, 9.17) is 11.5 Å². The zero-order chi connectivity index (χ0) is 14.5. The number of nitrogen functional groups attached to an aromatic ring is 1. The molecule has 20 heavy (non-hydrogen) atoms. The molecule has 0 aliphatic rings. The monoisotopic (exact) mass is 270 g/mol. The maximum atomic E-state index is 11.2. The van der Waals surface area contributed by atoms with Gasteiger partial charge in [0.15, 0.2) is 0 Å². The van der Waals surface area contributed by atoms with Crippen molar-refractivity contribution in [1.82, 2.24) is 4.98 Å². The predicted molar refractivity (Wildman–Crippen MR) is 80.3 cm³/mol. The molecule has 1 heterocycles. The number of hydrogen-bond donors (Lipinski definition) is 2. The molecule has 104 valence electrons. The number of anilines is 2. The molecule has 0 unspecified atom stereocenters. The van der Waals surface area contributed by atoms with Gasteiger partial charge in [0.1, 0.15) is 5.69 Å². The second-order valence-electron chi connectivity index (χ2n) is 4.52. The molecule has 4 N–H and O–H groups in total. The summed E-state index contributed by atoms with van der Waals surface area (Å²) in [5.41, 5.74) is 14.0. The number of primary amides is 1. The van der Waals surface area contributed by atoms with E-state index in [-0.39, 0.29) is 5.69 Å². The Morgan fingerprint density at radius 3 is 2.55 bits per heavy atom. The second-order valence-corrected chi connectivity index (χ2v) is 4.52. The first kappa shape index (κ1) is 13.9. The lowest BCUT2D eigenvalue weighted by Gasteiger charge is -2.23. The number of aromatic nitrogens is 1. The molecular weight excluding hydrogens is 252 g/mol. The molecule has 0 aliphatic carbocycles. The van der Waals surface area contributed by atoms with E-state index in [1.165, 1.54) is 0 Å². The Morgan fingerprint density at radius 1 is 1.25 bits per heavy atom. The molecule has 1 aromatic carbocycles. The van der Waals surface area contributed by atoms with Crippen molar-refractivity contribution < 1.29 is 4.79 Å². The number of benzene rings is 1. The topological polar surface area (TPSA) is 85.2 Å². The van der Waals surface area contributed by atoms with Crippen molar-refractivity contribution in [3.8, 4) is 0 Å². The summed E-state index contributed by atoms with van der Waals surface area (Å²) in [6, 6.07) is 11.3. The summed E-state index contributed by atoms with van der Waals surface area (Å²) in [5, 5.41) is 0. The van der Waals surface area contributed by atoms with E-state index in [1.807, 2.05) is 30.3 Å². The van der Waals surface area contributed by atoms with Crippen molar-refractivity contribution in [2.75, 3.05) is 17.2 Å². The molecule has 0 radical (unpaired) electrons. The van der Waals surface area contributed by atoms with Crippen molar-refractivity contribution in [1.29, 1.82) is 0 Å². The SMILES string of the molecule is CCN(Cc1ccc(N)cc1)c1ccnc(C(N)=O)c1. The maximum Gasteiger partial charge on any atom is 0.267 e. The minimum Gasteiger partial charge on any atom is -0.399 e. The fourth-order valence-electron chi connectivity index (χ4n) is 1.98. The van der Waals surface area contributed by atoms with Gasteiger partial charge in [-0.1, -0.05) is 12.1 Å². The molecule has 0 saturated carbocycles. The number of rotatable bonds is 5. The maximum absolute atomic E-state index is 11.2. The Hall–Kier alpha value is -2.56. The molecule has 0 saturated heterocycles. The van der Waals surface area contributed by atoms with E-state index in [0.717, 1.165) is 30.0 Å². The summed E-state index contributed by atoms with van der Waals surface area (Å²) in [6.07, 6.45) is 1.60. The van der Waals surface area contributed by atoms with Crippen LogP contribution in [0.5, 0.6) is 0 Å². The second kappa shape index (κ2) is 6.06. The number of carbonyl (C=O) groups is 1. The summed E-state index contributed by atoms with van der Waals surface area (Å²) in [7, 11) is 0. The van der Waals surface area contributed by atoms with Crippen molar-refractivity contribution in [2.24, 2.45) is 5.73 Å². The molecule has 0 bridgehead atoms. The van der Waals surface area contributed by atoms with Crippen LogP contribution in [0.1, 0.15) is 23.0 Å². The fraction of sp³-hybridized carbons (Fsp3) is 0.200. The largest absolute Gasteiger partial charge is 0.399 e. The number of carbonyl (C=O) groups excluding carboxylic acids is 1. The zero-order valence-electron chi connectivity index (χ0n) is 11.4. The molecule has 2 rings (SSSR count). The minimum atomic E-state index is -0.518. The number of pyridine rings is 1.